The smallest absolute Gasteiger partial charge is 0.227 e. The van der Waals surface area contributed by atoms with Crippen LogP contribution in [-0.4, -0.2) is 70.8 Å². The van der Waals surface area contributed by atoms with Gasteiger partial charge in [0.2, 0.25) is 11.8 Å². The Labute approximate surface area is 155 Å². The molecule has 0 N–H and O–H groups in total. The van der Waals surface area contributed by atoms with Gasteiger partial charge in [-0.1, -0.05) is 0 Å². The molecule has 26 heavy (non-hydrogen) atoms. The number of hydrogen-bond acceptors (Lipinski definition) is 4. The standard InChI is InChI=1S/C20H28N4O2/c25-19(17-3-4-17)24-9-1-2-18(15-24)20(26)23-12-10-22(11-13-23)14-16-5-7-21-8-6-16/h5-8,17-18H,1-4,9-15H2. The average molecular weight is 356 g/mol. The maximum atomic E-state index is 12.9. The normalized spacial score (nSPS) is 24.5. The number of carbonyl (C=O) groups excluding carboxylic acids is 2. The Balaban J connectivity index is 1.27. The fraction of sp³-hybridized carbons (Fsp3) is 0.650. The molecule has 1 aliphatic carbocycles. The predicted octanol–water partition coefficient (Wildman–Crippen LogP) is 1.37. The fourth-order valence-corrected chi connectivity index (χ4v) is 4.10. The Bertz CT molecular complexity index is 638. The molecule has 1 unspecified atom stereocenters. The molecule has 6 heteroatoms. The van der Waals surface area contributed by atoms with Crippen LogP contribution in [0.4, 0.5) is 0 Å². The molecule has 6 nitrogen and oxygen atoms in total. The molecule has 2 saturated heterocycles. The van der Waals surface area contributed by atoms with Gasteiger partial charge < -0.3 is 9.80 Å². The number of rotatable bonds is 4. The molecule has 3 aliphatic rings. The Morgan fingerprint density at radius 3 is 2.27 bits per heavy atom. The van der Waals surface area contributed by atoms with E-state index in [2.05, 4.69) is 9.88 Å². The number of likely N-dealkylation sites (tertiary alicyclic amines) is 1. The van der Waals surface area contributed by atoms with E-state index in [4.69, 9.17) is 0 Å². The Kier molecular flexibility index (Phi) is 5.20. The van der Waals surface area contributed by atoms with Crippen molar-refractivity contribution in [3.63, 3.8) is 0 Å². The van der Waals surface area contributed by atoms with E-state index in [0.717, 1.165) is 65.0 Å². The third kappa shape index (κ3) is 4.06. The summed E-state index contributed by atoms with van der Waals surface area (Å²) in [5, 5.41) is 0. The lowest BCUT2D eigenvalue weighted by Crippen LogP contribution is -2.52. The maximum Gasteiger partial charge on any atom is 0.227 e. The molecule has 0 bridgehead atoms. The minimum absolute atomic E-state index is 0.00167. The molecule has 2 aliphatic heterocycles. The highest BCUT2D eigenvalue weighted by Crippen LogP contribution is 2.32. The molecule has 0 radical (unpaired) electrons. The molecule has 1 aromatic heterocycles. The third-order valence-corrected chi connectivity index (χ3v) is 5.85. The summed E-state index contributed by atoms with van der Waals surface area (Å²) in [6.07, 6.45) is 7.60. The first-order valence-electron chi connectivity index (χ1n) is 9.89. The number of aromatic nitrogens is 1. The van der Waals surface area contributed by atoms with Crippen LogP contribution in [0.1, 0.15) is 31.2 Å². The summed E-state index contributed by atoms with van der Waals surface area (Å²) >= 11 is 0. The average Bonchev–Trinajstić information content (AvgIpc) is 3.54. The van der Waals surface area contributed by atoms with Gasteiger partial charge in [-0.15, -0.1) is 0 Å². The van der Waals surface area contributed by atoms with E-state index in [0.29, 0.717) is 6.54 Å². The lowest BCUT2D eigenvalue weighted by atomic mass is 9.95. The summed E-state index contributed by atoms with van der Waals surface area (Å²) in [7, 11) is 0. The zero-order chi connectivity index (χ0) is 17.9. The van der Waals surface area contributed by atoms with Crippen LogP contribution in [0.3, 0.4) is 0 Å². The summed E-state index contributed by atoms with van der Waals surface area (Å²) in [4.78, 5) is 35.7. The van der Waals surface area contributed by atoms with Crippen LogP contribution in [0.15, 0.2) is 24.5 Å². The van der Waals surface area contributed by atoms with Gasteiger partial charge in [-0.3, -0.25) is 19.5 Å². The van der Waals surface area contributed by atoms with E-state index >= 15 is 0 Å². The van der Waals surface area contributed by atoms with Gasteiger partial charge >= 0.3 is 0 Å². The number of hydrogen-bond donors (Lipinski definition) is 0. The van der Waals surface area contributed by atoms with Crippen LogP contribution >= 0.6 is 0 Å². The van der Waals surface area contributed by atoms with Crippen LogP contribution in [-0.2, 0) is 16.1 Å². The highest BCUT2D eigenvalue weighted by atomic mass is 16.2. The zero-order valence-corrected chi connectivity index (χ0v) is 15.3. The van der Waals surface area contributed by atoms with Crippen molar-refractivity contribution in [2.24, 2.45) is 11.8 Å². The minimum Gasteiger partial charge on any atom is -0.342 e. The number of pyridine rings is 1. The SMILES string of the molecule is O=C(C1CCCN(C(=O)C2CC2)C1)N1CCN(Cc2ccncc2)CC1. The third-order valence-electron chi connectivity index (χ3n) is 5.85. The summed E-state index contributed by atoms with van der Waals surface area (Å²) < 4.78 is 0. The molecule has 3 fully saturated rings. The van der Waals surface area contributed by atoms with Gasteiger partial charge in [0.1, 0.15) is 0 Å². The second-order valence-corrected chi connectivity index (χ2v) is 7.85. The summed E-state index contributed by atoms with van der Waals surface area (Å²) in [5.74, 6) is 0.783. The minimum atomic E-state index is -0.00167. The van der Waals surface area contributed by atoms with Crippen LogP contribution in [0, 0.1) is 11.8 Å². The van der Waals surface area contributed by atoms with Gasteiger partial charge in [-0.05, 0) is 43.4 Å². The van der Waals surface area contributed by atoms with E-state index in [1.165, 1.54) is 5.56 Å². The quantitative estimate of drug-likeness (QED) is 0.818. The zero-order valence-electron chi connectivity index (χ0n) is 15.3. The van der Waals surface area contributed by atoms with Gasteiger partial charge in [0.15, 0.2) is 0 Å². The van der Waals surface area contributed by atoms with Crippen LogP contribution < -0.4 is 0 Å². The number of amides is 2. The van der Waals surface area contributed by atoms with Crippen molar-refractivity contribution in [2.75, 3.05) is 39.3 Å². The molecular formula is C20H28N4O2. The highest BCUT2D eigenvalue weighted by Gasteiger charge is 2.37. The number of carbonyl (C=O) groups is 2. The van der Waals surface area contributed by atoms with Crippen LogP contribution in [0.5, 0.6) is 0 Å². The molecule has 140 valence electrons. The van der Waals surface area contributed by atoms with E-state index < -0.39 is 0 Å². The Morgan fingerprint density at radius 2 is 1.58 bits per heavy atom. The molecule has 0 spiro atoms. The molecular weight excluding hydrogens is 328 g/mol. The first-order valence-corrected chi connectivity index (χ1v) is 9.89. The van der Waals surface area contributed by atoms with E-state index in [9.17, 15) is 9.59 Å². The van der Waals surface area contributed by atoms with E-state index in [1.807, 2.05) is 34.3 Å². The van der Waals surface area contributed by atoms with Gasteiger partial charge in [-0.25, -0.2) is 0 Å². The maximum absolute atomic E-state index is 12.9. The summed E-state index contributed by atoms with van der Waals surface area (Å²) in [5.41, 5.74) is 1.27. The van der Waals surface area contributed by atoms with E-state index in [1.54, 1.807) is 0 Å². The van der Waals surface area contributed by atoms with Crippen molar-refractivity contribution in [3.8, 4) is 0 Å². The predicted molar refractivity (Wildman–Crippen MR) is 98.1 cm³/mol. The van der Waals surface area contributed by atoms with Crippen LogP contribution in [0.25, 0.3) is 0 Å². The van der Waals surface area contributed by atoms with Crippen molar-refractivity contribution in [1.82, 2.24) is 19.7 Å². The molecule has 1 saturated carbocycles. The van der Waals surface area contributed by atoms with Gasteiger partial charge in [0.25, 0.3) is 0 Å². The van der Waals surface area contributed by atoms with Gasteiger partial charge in [0.05, 0.1) is 5.92 Å². The summed E-state index contributed by atoms with van der Waals surface area (Å²) in [6.45, 7) is 5.77. The van der Waals surface area contributed by atoms with Crippen LogP contribution in [0.2, 0.25) is 0 Å². The molecule has 4 rings (SSSR count). The molecule has 3 heterocycles. The van der Waals surface area contributed by atoms with Crippen molar-refractivity contribution in [2.45, 2.75) is 32.2 Å². The van der Waals surface area contributed by atoms with Crippen molar-refractivity contribution in [1.29, 1.82) is 0 Å². The number of nitrogens with zero attached hydrogens (tertiary/aromatic N) is 4. The number of piperidine rings is 1. The lowest BCUT2D eigenvalue weighted by molar-refractivity contribution is -0.142. The van der Waals surface area contributed by atoms with Gasteiger partial charge in [-0.2, -0.15) is 0 Å². The Hall–Kier alpha value is -1.95. The Morgan fingerprint density at radius 1 is 0.885 bits per heavy atom. The van der Waals surface area contributed by atoms with Crippen molar-refractivity contribution >= 4 is 11.8 Å². The second kappa shape index (κ2) is 7.74. The molecule has 1 atom stereocenters. The fourth-order valence-electron chi connectivity index (χ4n) is 4.10. The lowest BCUT2D eigenvalue weighted by Gasteiger charge is -2.39. The second-order valence-electron chi connectivity index (χ2n) is 7.85. The first kappa shape index (κ1) is 17.5. The topological polar surface area (TPSA) is 56.8 Å². The molecule has 1 aromatic rings. The van der Waals surface area contributed by atoms with Crippen molar-refractivity contribution < 1.29 is 9.59 Å². The van der Waals surface area contributed by atoms with Crippen molar-refractivity contribution in [3.05, 3.63) is 30.1 Å². The van der Waals surface area contributed by atoms with E-state index in [-0.39, 0.29) is 23.7 Å². The largest absolute Gasteiger partial charge is 0.342 e. The monoisotopic (exact) mass is 356 g/mol. The molecule has 2 amide bonds. The molecule has 0 aromatic carbocycles. The van der Waals surface area contributed by atoms with Gasteiger partial charge in [0, 0.05) is 64.1 Å². The number of piperazine rings is 1. The first-order chi connectivity index (χ1) is 12.7. The highest BCUT2D eigenvalue weighted by molar-refractivity contribution is 5.83. The summed E-state index contributed by atoms with van der Waals surface area (Å²) in [6, 6.07) is 4.09.